The highest BCUT2D eigenvalue weighted by atomic mass is 35.5. The molecule has 3 aromatic carbocycles. The van der Waals surface area contributed by atoms with Gasteiger partial charge in [0.15, 0.2) is 23.0 Å². The van der Waals surface area contributed by atoms with Crippen LogP contribution in [0, 0.1) is 0 Å². The van der Waals surface area contributed by atoms with Gasteiger partial charge in [0.05, 0.1) is 59.3 Å². The van der Waals surface area contributed by atoms with Crippen molar-refractivity contribution in [1.29, 1.82) is 0 Å². The molecule has 0 aromatic heterocycles. The number of hydrogen-bond donors (Lipinski definition) is 0. The molecule has 1 saturated heterocycles. The SMILES string of the molecule is COc1cc(C(=O)N2CCN(C(=O)c3cc(OC)c(OC)c(OC)c3)[C@@H](COC(=O)c3ccccc3Cl)C2)cc(OC)c1OC. The molecule has 1 fully saturated rings. The van der Waals surface area contributed by atoms with Crippen LogP contribution in [0.3, 0.4) is 0 Å². The molecule has 2 amide bonds. The zero-order valence-electron chi connectivity index (χ0n) is 25.9. The molecule has 45 heavy (non-hydrogen) atoms. The van der Waals surface area contributed by atoms with Crippen LogP contribution in [0.5, 0.6) is 34.5 Å². The van der Waals surface area contributed by atoms with Gasteiger partial charge in [-0.25, -0.2) is 4.79 Å². The normalized spacial score (nSPS) is 14.3. The largest absolute Gasteiger partial charge is 0.493 e. The van der Waals surface area contributed by atoms with Gasteiger partial charge in [-0.1, -0.05) is 23.7 Å². The Kier molecular flexibility index (Phi) is 10.8. The minimum atomic E-state index is -0.720. The lowest BCUT2D eigenvalue weighted by Gasteiger charge is -2.41. The second-order valence-electron chi connectivity index (χ2n) is 9.81. The van der Waals surface area contributed by atoms with Gasteiger partial charge in [-0.15, -0.1) is 0 Å². The third-order valence-corrected chi connectivity index (χ3v) is 7.68. The maximum Gasteiger partial charge on any atom is 0.339 e. The lowest BCUT2D eigenvalue weighted by molar-refractivity contribution is 0.0119. The molecule has 1 aliphatic heterocycles. The van der Waals surface area contributed by atoms with Crippen molar-refractivity contribution in [2.45, 2.75) is 6.04 Å². The van der Waals surface area contributed by atoms with Gasteiger partial charge >= 0.3 is 5.97 Å². The Labute approximate surface area is 266 Å². The number of nitrogens with zero attached hydrogens (tertiary/aromatic N) is 2. The van der Waals surface area contributed by atoms with E-state index < -0.39 is 12.0 Å². The van der Waals surface area contributed by atoms with Gasteiger partial charge in [-0.3, -0.25) is 9.59 Å². The number of carbonyl (C=O) groups excluding carboxylic acids is 3. The van der Waals surface area contributed by atoms with Crippen LogP contribution in [-0.4, -0.2) is 103 Å². The van der Waals surface area contributed by atoms with Crippen LogP contribution in [0.2, 0.25) is 5.02 Å². The number of amides is 2. The molecular formula is C32H35ClN2O10. The second-order valence-corrected chi connectivity index (χ2v) is 10.2. The van der Waals surface area contributed by atoms with Gasteiger partial charge in [0.1, 0.15) is 6.61 Å². The fourth-order valence-electron chi connectivity index (χ4n) is 5.08. The molecule has 0 N–H and O–H groups in total. The van der Waals surface area contributed by atoms with E-state index in [9.17, 15) is 14.4 Å². The average Bonchev–Trinajstić information content (AvgIpc) is 3.08. The maximum atomic E-state index is 14.0. The number of ether oxygens (including phenoxy) is 7. The molecule has 0 bridgehead atoms. The molecule has 240 valence electrons. The van der Waals surface area contributed by atoms with Crippen LogP contribution in [-0.2, 0) is 4.74 Å². The summed E-state index contributed by atoms with van der Waals surface area (Å²) >= 11 is 6.20. The molecular weight excluding hydrogens is 608 g/mol. The summed E-state index contributed by atoms with van der Waals surface area (Å²) in [5, 5.41) is 0.232. The van der Waals surface area contributed by atoms with E-state index in [-0.39, 0.29) is 54.2 Å². The van der Waals surface area contributed by atoms with Crippen molar-refractivity contribution < 1.29 is 47.5 Å². The van der Waals surface area contributed by atoms with Crippen LogP contribution in [0.4, 0.5) is 0 Å². The van der Waals surface area contributed by atoms with Gasteiger partial charge in [0.2, 0.25) is 11.5 Å². The summed E-state index contributed by atoms with van der Waals surface area (Å²) in [6, 6.07) is 12.0. The number of rotatable bonds is 11. The average molecular weight is 643 g/mol. The zero-order chi connectivity index (χ0) is 32.7. The van der Waals surface area contributed by atoms with E-state index in [0.717, 1.165) is 0 Å². The minimum absolute atomic E-state index is 0.0570. The quantitative estimate of drug-likeness (QED) is 0.281. The van der Waals surface area contributed by atoms with Crippen molar-refractivity contribution in [2.75, 3.05) is 68.9 Å². The number of esters is 1. The first kappa shape index (κ1) is 33.1. The summed E-state index contributed by atoms with van der Waals surface area (Å²) in [6.07, 6.45) is 0. The van der Waals surface area contributed by atoms with Gasteiger partial charge in [0, 0.05) is 30.8 Å². The molecule has 4 rings (SSSR count). The number of carbonyl (C=O) groups is 3. The molecule has 0 spiro atoms. The smallest absolute Gasteiger partial charge is 0.339 e. The van der Waals surface area contributed by atoms with E-state index in [1.165, 1.54) is 42.7 Å². The fourth-order valence-corrected chi connectivity index (χ4v) is 5.30. The Morgan fingerprint density at radius 1 is 0.711 bits per heavy atom. The van der Waals surface area contributed by atoms with Crippen LogP contribution >= 0.6 is 11.6 Å². The third kappa shape index (κ3) is 6.96. The van der Waals surface area contributed by atoms with Crippen LogP contribution < -0.4 is 28.4 Å². The fraction of sp³-hybridized carbons (Fsp3) is 0.344. The minimum Gasteiger partial charge on any atom is -0.493 e. The highest BCUT2D eigenvalue weighted by Gasteiger charge is 2.36. The van der Waals surface area contributed by atoms with Crippen molar-refractivity contribution in [2.24, 2.45) is 0 Å². The molecule has 1 aliphatic rings. The van der Waals surface area contributed by atoms with Gasteiger partial charge in [-0.2, -0.15) is 0 Å². The molecule has 12 nitrogen and oxygen atoms in total. The van der Waals surface area contributed by atoms with Crippen LogP contribution in [0.1, 0.15) is 31.1 Å². The van der Waals surface area contributed by atoms with Crippen molar-refractivity contribution in [3.8, 4) is 34.5 Å². The first-order chi connectivity index (χ1) is 21.7. The Hall–Kier alpha value is -4.84. The van der Waals surface area contributed by atoms with Gasteiger partial charge < -0.3 is 43.0 Å². The summed E-state index contributed by atoms with van der Waals surface area (Å²) < 4.78 is 38.1. The Balaban J connectivity index is 1.65. The summed E-state index contributed by atoms with van der Waals surface area (Å²) in [5.74, 6) is 0.557. The van der Waals surface area contributed by atoms with Crippen LogP contribution in [0.25, 0.3) is 0 Å². The Bertz CT molecular complexity index is 1510. The molecule has 1 atom stereocenters. The number of hydrogen-bond acceptors (Lipinski definition) is 10. The lowest BCUT2D eigenvalue weighted by atomic mass is 10.1. The molecule has 0 unspecified atom stereocenters. The Morgan fingerprint density at radius 2 is 1.20 bits per heavy atom. The summed E-state index contributed by atoms with van der Waals surface area (Å²) in [7, 11) is 8.77. The predicted molar refractivity (Wildman–Crippen MR) is 165 cm³/mol. The first-order valence-electron chi connectivity index (χ1n) is 13.8. The summed E-state index contributed by atoms with van der Waals surface area (Å²) in [4.78, 5) is 43.8. The molecule has 1 heterocycles. The van der Waals surface area contributed by atoms with E-state index in [1.807, 2.05) is 0 Å². The predicted octanol–water partition coefficient (Wildman–Crippen LogP) is 4.22. The second kappa shape index (κ2) is 14.8. The molecule has 13 heteroatoms. The third-order valence-electron chi connectivity index (χ3n) is 7.35. The van der Waals surface area contributed by atoms with Crippen LogP contribution in [0.15, 0.2) is 48.5 Å². The number of methoxy groups -OCH3 is 6. The number of halogens is 1. The summed E-state index contributed by atoms with van der Waals surface area (Å²) in [6.45, 7) is 0.182. The monoisotopic (exact) mass is 642 g/mol. The van der Waals surface area contributed by atoms with Crippen molar-refractivity contribution >= 4 is 29.4 Å². The first-order valence-corrected chi connectivity index (χ1v) is 14.2. The van der Waals surface area contributed by atoms with Crippen molar-refractivity contribution in [3.63, 3.8) is 0 Å². The standard InChI is InChI=1S/C32H35ClN2O10/c1-39-24-13-19(14-25(40-2)28(24)43-5)30(36)34-11-12-35(21(17-34)18-45-32(38)22-9-7-8-10-23(22)33)31(37)20-15-26(41-3)29(44-6)27(16-20)42-4/h7-10,13-16,21H,11-12,17-18H2,1-6H3/t21-/m1/s1. The summed E-state index contributed by atoms with van der Waals surface area (Å²) in [5.41, 5.74) is 0.736. The highest BCUT2D eigenvalue weighted by molar-refractivity contribution is 6.33. The van der Waals surface area contributed by atoms with Gasteiger partial charge in [-0.05, 0) is 36.4 Å². The van der Waals surface area contributed by atoms with Crippen molar-refractivity contribution in [3.05, 3.63) is 70.2 Å². The molecule has 0 radical (unpaired) electrons. The number of benzene rings is 3. The lowest BCUT2D eigenvalue weighted by Crippen LogP contribution is -2.58. The topological polar surface area (TPSA) is 122 Å². The van der Waals surface area contributed by atoms with Gasteiger partial charge in [0.25, 0.3) is 11.8 Å². The van der Waals surface area contributed by atoms with E-state index >= 15 is 0 Å². The van der Waals surface area contributed by atoms with E-state index in [1.54, 1.807) is 58.3 Å². The molecule has 3 aromatic rings. The van der Waals surface area contributed by atoms with E-state index in [2.05, 4.69) is 0 Å². The molecule has 0 saturated carbocycles. The number of piperazine rings is 1. The zero-order valence-corrected chi connectivity index (χ0v) is 26.6. The molecule has 0 aliphatic carbocycles. The van der Waals surface area contributed by atoms with E-state index in [0.29, 0.717) is 40.1 Å². The Morgan fingerprint density at radius 3 is 1.67 bits per heavy atom. The highest BCUT2D eigenvalue weighted by Crippen LogP contribution is 2.40. The maximum absolute atomic E-state index is 14.0. The van der Waals surface area contributed by atoms with E-state index in [4.69, 9.17) is 44.8 Å². The van der Waals surface area contributed by atoms with Crippen molar-refractivity contribution in [1.82, 2.24) is 9.80 Å².